The van der Waals surface area contributed by atoms with Crippen LogP contribution in [0.5, 0.6) is 0 Å². The first-order valence-electron chi connectivity index (χ1n) is 7.00. The van der Waals surface area contributed by atoms with E-state index in [4.69, 9.17) is 4.74 Å². The summed E-state index contributed by atoms with van der Waals surface area (Å²) in [6.45, 7) is 3.57. The van der Waals surface area contributed by atoms with Crippen molar-refractivity contribution in [1.29, 1.82) is 0 Å². The molecule has 4 rings (SSSR count). The number of hydrogen-bond donors (Lipinski definition) is 0. The Bertz CT molecular complexity index is 1040. The van der Waals surface area contributed by atoms with Crippen molar-refractivity contribution in [2.75, 3.05) is 0 Å². The molecule has 0 fully saturated rings. The van der Waals surface area contributed by atoms with Gasteiger partial charge in [-0.3, -0.25) is 0 Å². The zero-order valence-electron chi connectivity index (χ0n) is 12.4. The predicted molar refractivity (Wildman–Crippen MR) is 82.5 cm³/mol. The first-order chi connectivity index (χ1) is 11.8. The SMILES string of the molecule is C=C1OC(=O)c2cc(S(=O)(=O)c3ccc4c(c3)C(=O)OC4=O)ccc21. The molecule has 0 bridgehead atoms. The number of cyclic esters (lactones) is 3. The molecule has 2 aromatic rings. The van der Waals surface area contributed by atoms with Gasteiger partial charge in [-0.15, -0.1) is 0 Å². The number of fused-ring (bicyclic) bond motifs is 2. The van der Waals surface area contributed by atoms with Crippen LogP contribution in [0, 0.1) is 0 Å². The summed E-state index contributed by atoms with van der Waals surface area (Å²) in [5.74, 6) is -2.24. The summed E-state index contributed by atoms with van der Waals surface area (Å²) >= 11 is 0. The maximum absolute atomic E-state index is 12.8. The Kier molecular flexibility index (Phi) is 2.98. The monoisotopic (exact) mass is 356 g/mol. The summed E-state index contributed by atoms with van der Waals surface area (Å²) in [6.07, 6.45) is 0. The molecule has 0 saturated carbocycles. The van der Waals surface area contributed by atoms with Crippen molar-refractivity contribution in [3.8, 4) is 0 Å². The summed E-state index contributed by atoms with van der Waals surface area (Å²) < 4.78 is 34.9. The minimum atomic E-state index is -4.02. The third-order valence-corrected chi connectivity index (χ3v) is 5.71. The van der Waals surface area contributed by atoms with Crippen molar-refractivity contribution in [1.82, 2.24) is 0 Å². The highest BCUT2D eigenvalue weighted by molar-refractivity contribution is 7.91. The largest absolute Gasteiger partial charge is 0.423 e. The average molecular weight is 356 g/mol. The normalized spacial score (nSPS) is 15.7. The van der Waals surface area contributed by atoms with Crippen LogP contribution in [0.1, 0.15) is 36.6 Å². The quantitative estimate of drug-likeness (QED) is 0.598. The zero-order chi connectivity index (χ0) is 17.9. The highest BCUT2D eigenvalue weighted by Crippen LogP contribution is 2.33. The maximum atomic E-state index is 12.8. The van der Waals surface area contributed by atoms with Gasteiger partial charge in [0.1, 0.15) is 5.76 Å². The van der Waals surface area contributed by atoms with Gasteiger partial charge in [0.2, 0.25) is 9.84 Å². The Morgan fingerprint density at radius 2 is 1.16 bits per heavy atom. The summed E-state index contributed by atoms with van der Waals surface area (Å²) in [5.41, 5.74) is 0.423. The molecular weight excluding hydrogens is 348 g/mol. The molecule has 2 heterocycles. The van der Waals surface area contributed by atoms with Crippen LogP contribution in [0.4, 0.5) is 0 Å². The fraction of sp³-hybridized carbons (Fsp3) is 0. The molecule has 0 aliphatic carbocycles. The van der Waals surface area contributed by atoms with E-state index in [1.54, 1.807) is 0 Å². The van der Waals surface area contributed by atoms with Gasteiger partial charge in [-0.25, -0.2) is 22.8 Å². The summed E-state index contributed by atoms with van der Waals surface area (Å²) in [6, 6.07) is 7.46. The van der Waals surface area contributed by atoms with Gasteiger partial charge in [-0.2, -0.15) is 0 Å². The van der Waals surface area contributed by atoms with Crippen LogP contribution < -0.4 is 0 Å². The number of hydrogen-bond acceptors (Lipinski definition) is 7. The molecule has 8 heteroatoms. The van der Waals surface area contributed by atoms with Gasteiger partial charge in [0.25, 0.3) is 0 Å². The molecular formula is C17H8O7S. The molecule has 25 heavy (non-hydrogen) atoms. The van der Waals surface area contributed by atoms with Crippen LogP contribution in [-0.2, 0) is 19.3 Å². The van der Waals surface area contributed by atoms with E-state index in [0.717, 1.165) is 6.07 Å². The highest BCUT2D eigenvalue weighted by atomic mass is 32.2. The lowest BCUT2D eigenvalue weighted by atomic mass is 10.1. The molecule has 0 N–H and O–H groups in total. The molecule has 0 aromatic heterocycles. The maximum Gasteiger partial charge on any atom is 0.346 e. The van der Waals surface area contributed by atoms with E-state index in [9.17, 15) is 22.8 Å². The third-order valence-electron chi connectivity index (χ3n) is 3.96. The van der Waals surface area contributed by atoms with Gasteiger partial charge in [0.15, 0.2) is 0 Å². The molecule has 2 aliphatic heterocycles. The first-order valence-corrected chi connectivity index (χ1v) is 8.48. The molecule has 0 radical (unpaired) electrons. The van der Waals surface area contributed by atoms with Gasteiger partial charge in [-0.1, -0.05) is 6.58 Å². The van der Waals surface area contributed by atoms with E-state index in [1.807, 2.05) is 0 Å². The predicted octanol–water partition coefficient (Wildman–Crippen LogP) is 1.97. The van der Waals surface area contributed by atoms with Crippen LogP contribution in [0.15, 0.2) is 52.8 Å². The molecule has 0 spiro atoms. The Balaban J connectivity index is 1.84. The van der Waals surface area contributed by atoms with Crippen molar-refractivity contribution < 1.29 is 32.3 Å². The lowest BCUT2D eigenvalue weighted by Crippen LogP contribution is -2.05. The lowest BCUT2D eigenvalue weighted by molar-refractivity contribution is 0.0443. The number of ether oxygens (including phenoxy) is 2. The van der Waals surface area contributed by atoms with E-state index in [0.29, 0.717) is 5.56 Å². The minimum Gasteiger partial charge on any atom is -0.423 e. The van der Waals surface area contributed by atoms with Gasteiger partial charge >= 0.3 is 17.9 Å². The molecule has 124 valence electrons. The van der Waals surface area contributed by atoms with E-state index in [-0.39, 0.29) is 32.2 Å². The van der Waals surface area contributed by atoms with Crippen LogP contribution in [0.25, 0.3) is 5.76 Å². The summed E-state index contributed by atoms with van der Waals surface area (Å²) in [7, 11) is -4.02. The molecule has 0 amide bonds. The number of sulfone groups is 1. The first kappa shape index (κ1) is 15.3. The van der Waals surface area contributed by atoms with Gasteiger partial charge in [-0.05, 0) is 36.4 Å². The van der Waals surface area contributed by atoms with Gasteiger partial charge in [0.05, 0.1) is 26.5 Å². The van der Waals surface area contributed by atoms with Crippen molar-refractivity contribution in [2.45, 2.75) is 9.79 Å². The molecule has 0 unspecified atom stereocenters. The van der Waals surface area contributed by atoms with E-state index >= 15 is 0 Å². The fourth-order valence-corrected chi connectivity index (χ4v) is 4.00. The van der Waals surface area contributed by atoms with Crippen LogP contribution in [0.3, 0.4) is 0 Å². The molecule has 0 atom stereocenters. The Labute approximate surface area is 141 Å². The topological polar surface area (TPSA) is 104 Å². The smallest absolute Gasteiger partial charge is 0.346 e. The van der Waals surface area contributed by atoms with Crippen LogP contribution in [-0.4, -0.2) is 26.3 Å². The van der Waals surface area contributed by atoms with Crippen molar-refractivity contribution in [3.05, 3.63) is 65.2 Å². The number of rotatable bonds is 2. The number of carbonyl (C=O) groups is 3. The average Bonchev–Trinajstić information content (AvgIpc) is 3.03. The van der Waals surface area contributed by atoms with Crippen molar-refractivity contribution in [3.63, 3.8) is 0 Å². The Hall–Kier alpha value is -3.26. The van der Waals surface area contributed by atoms with E-state index in [1.165, 1.54) is 30.3 Å². The van der Waals surface area contributed by atoms with Gasteiger partial charge in [0, 0.05) is 5.56 Å². The molecule has 0 saturated heterocycles. The fourth-order valence-electron chi connectivity index (χ4n) is 2.69. The number of carbonyl (C=O) groups excluding carboxylic acids is 3. The minimum absolute atomic E-state index is 0.0118. The second-order valence-corrected chi connectivity index (χ2v) is 7.36. The van der Waals surface area contributed by atoms with Gasteiger partial charge < -0.3 is 9.47 Å². The third kappa shape index (κ3) is 2.11. The van der Waals surface area contributed by atoms with Crippen LogP contribution in [0.2, 0.25) is 0 Å². The Morgan fingerprint density at radius 1 is 0.680 bits per heavy atom. The highest BCUT2D eigenvalue weighted by Gasteiger charge is 2.33. The van der Waals surface area contributed by atoms with Crippen LogP contribution >= 0.6 is 0 Å². The molecule has 2 aliphatic rings. The summed E-state index contributed by atoms with van der Waals surface area (Å²) in [4.78, 5) is 34.5. The number of benzene rings is 2. The van der Waals surface area contributed by atoms with E-state index < -0.39 is 27.7 Å². The second-order valence-electron chi connectivity index (χ2n) is 5.41. The molecule has 2 aromatic carbocycles. The Morgan fingerprint density at radius 3 is 1.80 bits per heavy atom. The van der Waals surface area contributed by atoms with E-state index in [2.05, 4.69) is 11.3 Å². The van der Waals surface area contributed by atoms with Crippen molar-refractivity contribution >= 4 is 33.5 Å². The lowest BCUT2D eigenvalue weighted by Gasteiger charge is -2.06. The standard InChI is InChI=1S/C17H8O7S/c1-8-11-4-2-9(6-13(11)16(19)23-8)25(21,22)10-3-5-12-14(7-10)17(20)24-15(12)18/h2-7H,1H2. The second kappa shape index (κ2) is 4.87. The molecule has 7 nitrogen and oxygen atoms in total. The van der Waals surface area contributed by atoms with Crippen molar-refractivity contribution in [2.24, 2.45) is 0 Å². The number of esters is 3. The summed E-state index contributed by atoms with van der Waals surface area (Å²) in [5, 5.41) is 0. The zero-order valence-corrected chi connectivity index (χ0v) is 13.3.